The van der Waals surface area contributed by atoms with Crippen LogP contribution in [0.4, 0.5) is 17.2 Å². The number of pyridine rings is 1. The molecule has 0 spiro atoms. The van der Waals surface area contributed by atoms with Gasteiger partial charge in [-0.15, -0.1) is 0 Å². The molecule has 3 heterocycles. The first-order valence-corrected chi connectivity index (χ1v) is 12.2. The SMILES string of the molecule is Cc1cc(C)n(-c2cccc(Oc3cccc(N4c5ccccc5C(C)(C)c5cccnc54)c3)c2)n1. The van der Waals surface area contributed by atoms with Crippen molar-refractivity contribution in [2.24, 2.45) is 0 Å². The number of benzene rings is 3. The van der Waals surface area contributed by atoms with Crippen molar-refractivity contribution in [3.63, 3.8) is 0 Å². The molecule has 0 saturated carbocycles. The van der Waals surface area contributed by atoms with Crippen molar-refractivity contribution in [2.45, 2.75) is 33.1 Å². The number of rotatable bonds is 4. The second kappa shape index (κ2) is 8.38. The van der Waals surface area contributed by atoms with Gasteiger partial charge in [0.25, 0.3) is 0 Å². The molecule has 36 heavy (non-hydrogen) atoms. The zero-order chi connectivity index (χ0) is 24.9. The number of ether oxygens (including phenoxy) is 1. The normalized spacial score (nSPS) is 13.7. The lowest BCUT2D eigenvalue weighted by Gasteiger charge is -2.40. The van der Waals surface area contributed by atoms with E-state index >= 15 is 0 Å². The van der Waals surface area contributed by atoms with Gasteiger partial charge in [0.05, 0.1) is 22.8 Å². The van der Waals surface area contributed by atoms with Crippen LogP contribution >= 0.6 is 0 Å². The minimum absolute atomic E-state index is 0.145. The van der Waals surface area contributed by atoms with E-state index in [-0.39, 0.29) is 5.41 Å². The number of hydrogen-bond acceptors (Lipinski definition) is 4. The lowest BCUT2D eigenvalue weighted by atomic mass is 9.74. The van der Waals surface area contributed by atoms with Gasteiger partial charge in [-0.25, -0.2) is 9.67 Å². The molecule has 0 unspecified atom stereocenters. The van der Waals surface area contributed by atoms with E-state index in [1.165, 1.54) is 11.1 Å². The van der Waals surface area contributed by atoms with E-state index in [4.69, 9.17) is 9.72 Å². The summed E-state index contributed by atoms with van der Waals surface area (Å²) in [6.07, 6.45) is 1.86. The van der Waals surface area contributed by atoms with Crippen molar-refractivity contribution < 1.29 is 4.74 Å². The zero-order valence-electron chi connectivity index (χ0n) is 20.9. The smallest absolute Gasteiger partial charge is 0.141 e. The fraction of sp³-hybridized carbons (Fsp3) is 0.161. The lowest BCUT2D eigenvalue weighted by molar-refractivity contribution is 0.482. The molecule has 0 N–H and O–H groups in total. The molecule has 0 atom stereocenters. The summed E-state index contributed by atoms with van der Waals surface area (Å²) in [5.41, 5.74) is 7.52. The summed E-state index contributed by atoms with van der Waals surface area (Å²) in [7, 11) is 0. The molecule has 5 aromatic rings. The van der Waals surface area contributed by atoms with Crippen molar-refractivity contribution in [1.29, 1.82) is 0 Å². The maximum absolute atomic E-state index is 6.35. The minimum atomic E-state index is -0.145. The van der Waals surface area contributed by atoms with E-state index < -0.39 is 0 Å². The van der Waals surface area contributed by atoms with Gasteiger partial charge < -0.3 is 4.74 Å². The number of fused-ring (bicyclic) bond motifs is 2. The molecular formula is C31H28N4O. The largest absolute Gasteiger partial charge is 0.457 e. The predicted octanol–water partition coefficient (Wildman–Crippen LogP) is 7.79. The van der Waals surface area contributed by atoms with Gasteiger partial charge in [-0.1, -0.05) is 50.2 Å². The number of hydrogen-bond donors (Lipinski definition) is 0. The summed E-state index contributed by atoms with van der Waals surface area (Å²) in [5.74, 6) is 2.47. The van der Waals surface area contributed by atoms with Gasteiger partial charge in [0.2, 0.25) is 0 Å². The van der Waals surface area contributed by atoms with Crippen LogP contribution in [0.15, 0.2) is 97.2 Å². The van der Waals surface area contributed by atoms with Crippen molar-refractivity contribution >= 4 is 17.2 Å². The molecular weight excluding hydrogens is 444 g/mol. The molecule has 1 aliphatic rings. The quantitative estimate of drug-likeness (QED) is 0.268. The van der Waals surface area contributed by atoms with Crippen LogP contribution in [0.5, 0.6) is 11.5 Å². The molecule has 0 amide bonds. The molecule has 3 aromatic carbocycles. The van der Waals surface area contributed by atoms with Crippen LogP contribution in [-0.4, -0.2) is 14.8 Å². The van der Waals surface area contributed by atoms with Crippen LogP contribution < -0.4 is 9.64 Å². The number of aryl methyl sites for hydroxylation is 2. The highest BCUT2D eigenvalue weighted by Gasteiger charge is 2.37. The van der Waals surface area contributed by atoms with E-state index in [0.29, 0.717) is 0 Å². The Morgan fingerprint density at radius 2 is 1.42 bits per heavy atom. The minimum Gasteiger partial charge on any atom is -0.457 e. The third kappa shape index (κ3) is 3.64. The van der Waals surface area contributed by atoms with Crippen LogP contribution in [0.25, 0.3) is 5.69 Å². The van der Waals surface area contributed by atoms with Crippen LogP contribution in [0, 0.1) is 13.8 Å². The summed E-state index contributed by atoms with van der Waals surface area (Å²) in [5, 5.41) is 4.61. The Labute approximate surface area is 211 Å². The third-order valence-corrected chi connectivity index (χ3v) is 6.87. The molecule has 1 aliphatic heterocycles. The topological polar surface area (TPSA) is 43.2 Å². The van der Waals surface area contributed by atoms with E-state index in [9.17, 15) is 0 Å². The number of aromatic nitrogens is 3. The van der Waals surface area contributed by atoms with Crippen molar-refractivity contribution in [3.8, 4) is 17.2 Å². The van der Waals surface area contributed by atoms with Gasteiger partial charge in [-0.3, -0.25) is 4.90 Å². The van der Waals surface area contributed by atoms with Gasteiger partial charge in [0.1, 0.15) is 17.3 Å². The summed E-state index contributed by atoms with van der Waals surface area (Å²) in [6.45, 7) is 8.58. The number of para-hydroxylation sites is 1. The maximum Gasteiger partial charge on any atom is 0.141 e. The summed E-state index contributed by atoms with van der Waals surface area (Å²) >= 11 is 0. The Hall–Kier alpha value is -4.38. The van der Waals surface area contributed by atoms with E-state index in [1.807, 2.05) is 60.3 Å². The summed E-state index contributed by atoms with van der Waals surface area (Å²) in [4.78, 5) is 7.05. The predicted molar refractivity (Wildman–Crippen MR) is 144 cm³/mol. The van der Waals surface area contributed by atoms with Crippen LogP contribution in [0.2, 0.25) is 0 Å². The molecule has 0 fully saturated rings. The Kier molecular flexibility index (Phi) is 5.15. The molecule has 0 saturated heterocycles. The van der Waals surface area contributed by atoms with Gasteiger partial charge in [0.15, 0.2) is 0 Å². The van der Waals surface area contributed by atoms with Crippen molar-refractivity contribution in [3.05, 3.63) is 120 Å². The molecule has 6 rings (SSSR count). The monoisotopic (exact) mass is 472 g/mol. The molecule has 178 valence electrons. The Bertz CT molecular complexity index is 1530. The molecule has 0 aliphatic carbocycles. The van der Waals surface area contributed by atoms with Crippen LogP contribution in [-0.2, 0) is 5.41 Å². The zero-order valence-corrected chi connectivity index (χ0v) is 20.9. The molecule has 2 aromatic heterocycles. The third-order valence-electron chi connectivity index (χ3n) is 6.87. The van der Waals surface area contributed by atoms with Gasteiger partial charge in [-0.05, 0) is 61.9 Å². The maximum atomic E-state index is 6.35. The van der Waals surface area contributed by atoms with Crippen LogP contribution in [0.1, 0.15) is 36.4 Å². The highest BCUT2D eigenvalue weighted by atomic mass is 16.5. The van der Waals surface area contributed by atoms with Crippen molar-refractivity contribution in [1.82, 2.24) is 14.8 Å². The highest BCUT2D eigenvalue weighted by molar-refractivity contribution is 5.84. The average Bonchev–Trinajstić information content (AvgIpc) is 3.22. The van der Waals surface area contributed by atoms with E-state index in [2.05, 4.69) is 79.3 Å². The Morgan fingerprint density at radius 3 is 2.17 bits per heavy atom. The molecule has 0 bridgehead atoms. The Morgan fingerprint density at radius 1 is 0.722 bits per heavy atom. The van der Waals surface area contributed by atoms with E-state index in [1.54, 1.807) is 0 Å². The van der Waals surface area contributed by atoms with Crippen LogP contribution in [0.3, 0.4) is 0 Å². The molecule has 5 nitrogen and oxygen atoms in total. The van der Waals surface area contributed by atoms with Crippen molar-refractivity contribution in [2.75, 3.05) is 4.90 Å². The Balaban J connectivity index is 1.39. The molecule has 5 heteroatoms. The van der Waals surface area contributed by atoms with E-state index in [0.717, 1.165) is 45.8 Å². The fourth-order valence-electron chi connectivity index (χ4n) is 5.17. The highest BCUT2D eigenvalue weighted by Crippen LogP contribution is 2.51. The first-order valence-electron chi connectivity index (χ1n) is 12.2. The first kappa shape index (κ1) is 22.1. The number of anilines is 3. The van der Waals surface area contributed by atoms with Gasteiger partial charge >= 0.3 is 0 Å². The molecule has 0 radical (unpaired) electrons. The first-order chi connectivity index (χ1) is 17.4. The summed E-state index contributed by atoms with van der Waals surface area (Å²) < 4.78 is 8.29. The average molecular weight is 473 g/mol. The number of nitrogens with zero attached hydrogens (tertiary/aromatic N) is 4. The van der Waals surface area contributed by atoms with Gasteiger partial charge in [-0.2, -0.15) is 5.10 Å². The second-order valence-corrected chi connectivity index (χ2v) is 9.79. The fourth-order valence-corrected chi connectivity index (χ4v) is 5.17. The summed E-state index contributed by atoms with van der Waals surface area (Å²) in [6, 6.07) is 31.0. The second-order valence-electron chi connectivity index (χ2n) is 9.79. The lowest BCUT2D eigenvalue weighted by Crippen LogP contribution is -2.31. The van der Waals surface area contributed by atoms with Gasteiger partial charge in [0, 0.05) is 35.0 Å². The standard InChI is InChI=1S/C31H28N4O/c1-21-18-22(2)35(33-21)24-11-8-13-26(20-24)36-25-12-7-10-23(19-25)34-29-16-6-5-14-27(29)31(3,4)28-15-9-17-32-30(28)34/h5-20H,1-4H3.